The van der Waals surface area contributed by atoms with Gasteiger partial charge in [-0.05, 0) is 38.1 Å². The van der Waals surface area contributed by atoms with Crippen LogP contribution in [0.2, 0.25) is 0 Å². The minimum absolute atomic E-state index is 0.138. The number of hydrogen-bond donors (Lipinski definition) is 1. The normalized spacial score (nSPS) is 12.4. The molecule has 0 amide bonds. The molecule has 5 heteroatoms. The van der Waals surface area contributed by atoms with E-state index in [9.17, 15) is 13.2 Å². The largest absolute Gasteiger partial charge is 0.416 e. The van der Waals surface area contributed by atoms with E-state index in [1.165, 1.54) is 12.1 Å². The van der Waals surface area contributed by atoms with Crippen LogP contribution >= 0.6 is 0 Å². The molecule has 1 aromatic carbocycles. The highest BCUT2D eigenvalue weighted by Crippen LogP contribution is 2.34. The molecule has 0 fully saturated rings. The monoisotopic (exact) mass is 260 g/mol. The van der Waals surface area contributed by atoms with Gasteiger partial charge in [0.05, 0.1) is 5.56 Å². The van der Waals surface area contributed by atoms with E-state index >= 15 is 0 Å². The topological polar surface area (TPSA) is 29.3 Å². The molecule has 0 spiro atoms. The van der Waals surface area contributed by atoms with Gasteiger partial charge in [-0.15, -0.1) is 0 Å². The maximum absolute atomic E-state index is 12.9. The molecule has 102 valence electrons. The lowest BCUT2D eigenvalue weighted by Crippen LogP contribution is -2.31. The van der Waals surface area contributed by atoms with E-state index in [2.05, 4.69) is 0 Å². The van der Waals surface area contributed by atoms with Gasteiger partial charge >= 0.3 is 6.18 Å². The fourth-order valence-electron chi connectivity index (χ4n) is 1.87. The zero-order chi connectivity index (χ0) is 13.9. The standard InChI is InChI=1S/C13H19F3N2/c1-4-18(9(2)3)8-10-5-6-11(17)7-12(10)13(14,15)16/h5-7,9H,4,8,17H2,1-3H3. The summed E-state index contributed by atoms with van der Waals surface area (Å²) in [6, 6.07) is 4.18. The number of nitrogens with two attached hydrogens (primary N) is 1. The van der Waals surface area contributed by atoms with Gasteiger partial charge in [-0.3, -0.25) is 4.90 Å². The first-order chi connectivity index (χ1) is 8.25. The SMILES string of the molecule is CCN(Cc1ccc(N)cc1C(F)(F)F)C(C)C. The third kappa shape index (κ3) is 3.63. The third-order valence-electron chi connectivity index (χ3n) is 2.95. The van der Waals surface area contributed by atoms with Gasteiger partial charge in [0.2, 0.25) is 0 Å². The van der Waals surface area contributed by atoms with Gasteiger partial charge in [-0.25, -0.2) is 0 Å². The van der Waals surface area contributed by atoms with Crippen molar-refractivity contribution in [3.05, 3.63) is 29.3 Å². The highest BCUT2D eigenvalue weighted by atomic mass is 19.4. The smallest absolute Gasteiger partial charge is 0.399 e. The van der Waals surface area contributed by atoms with Crippen LogP contribution in [0.1, 0.15) is 31.9 Å². The Labute approximate surface area is 106 Å². The summed E-state index contributed by atoms with van der Waals surface area (Å²) in [6.45, 7) is 6.86. The lowest BCUT2D eigenvalue weighted by molar-refractivity contribution is -0.138. The predicted molar refractivity (Wildman–Crippen MR) is 67.1 cm³/mol. The second-order valence-electron chi connectivity index (χ2n) is 4.57. The van der Waals surface area contributed by atoms with Crippen LogP contribution < -0.4 is 5.73 Å². The van der Waals surface area contributed by atoms with Crippen molar-refractivity contribution in [2.75, 3.05) is 12.3 Å². The average molecular weight is 260 g/mol. The molecule has 0 atom stereocenters. The number of benzene rings is 1. The van der Waals surface area contributed by atoms with Crippen LogP contribution in [0.15, 0.2) is 18.2 Å². The van der Waals surface area contributed by atoms with Gasteiger partial charge in [-0.2, -0.15) is 13.2 Å². The maximum atomic E-state index is 12.9. The second-order valence-corrected chi connectivity index (χ2v) is 4.57. The first-order valence-electron chi connectivity index (χ1n) is 5.95. The Morgan fingerprint density at radius 3 is 2.33 bits per heavy atom. The van der Waals surface area contributed by atoms with E-state index in [4.69, 9.17) is 5.73 Å². The number of rotatable bonds is 4. The Morgan fingerprint density at radius 1 is 1.28 bits per heavy atom. The van der Waals surface area contributed by atoms with E-state index in [-0.39, 0.29) is 23.8 Å². The van der Waals surface area contributed by atoms with Gasteiger partial charge < -0.3 is 5.73 Å². The summed E-state index contributed by atoms with van der Waals surface area (Å²) in [5, 5.41) is 0. The first-order valence-corrected chi connectivity index (χ1v) is 5.95. The van der Waals surface area contributed by atoms with Crippen molar-refractivity contribution in [3.8, 4) is 0 Å². The molecule has 0 aromatic heterocycles. The van der Waals surface area contributed by atoms with Gasteiger partial charge in [0.1, 0.15) is 0 Å². The third-order valence-corrected chi connectivity index (χ3v) is 2.95. The van der Waals surface area contributed by atoms with Crippen molar-refractivity contribution in [1.29, 1.82) is 0 Å². The Morgan fingerprint density at radius 2 is 1.89 bits per heavy atom. The lowest BCUT2D eigenvalue weighted by atomic mass is 10.0. The molecule has 0 unspecified atom stereocenters. The van der Waals surface area contributed by atoms with Crippen LogP contribution in [0.25, 0.3) is 0 Å². The number of nitrogens with zero attached hydrogens (tertiary/aromatic N) is 1. The number of nitrogen functional groups attached to an aromatic ring is 1. The molecule has 1 aromatic rings. The van der Waals surface area contributed by atoms with E-state index in [1.807, 2.05) is 25.7 Å². The van der Waals surface area contributed by atoms with E-state index in [0.29, 0.717) is 6.54 Å². The summed E-state index contributed by atoms with van der Waals surface area (Å²) in [4.78, 5) is 1.97. The Balaban J connectivity index is 3.09. The number of halogens is 3. The van der Waals surface area contributed by atoms with Gasteiger partial charge in [0.25, 0.3) is 0 Å². The van der Waals surface area contributed by atoms with Crippen molar-refractivity contribution in [3.63, 3.8) is 0 Å². The van der Waals surface area contributed by atoms with Gasteiger partial charge in [0, 0.05) is 18.3 Å². The number of anilines is 1. The van der Waals surface area contributed by atoms with Crippen LogP contribution in [0, 0.1) is 0 Å². The molecule has 0 saturated carbocycles. The van der Waals surface area contributed by atoms with Crippen molar-refractivity contribution in [2.24, 2.45) is 0 Å². The molecule has 0 radical (unpaired) electrons. The van der Waals surface area contributed by atoms with Crippen molar-refractivity contribution < 1.29 is 13.2 Å². The summed E-state index contributed by atoms with van der Waals surface area (Å²) in [7, 11) is 0. The Bertz CT molecular complexity index is 400. The molecule has 2 N–H and O–H groups in total. The summed E-state index contributed by atoms with van der Waals surface area (Å²) in [6.07, 6.45) is -4.36. The molecule has 0 bridgehead atoms. The minimum atomic E-state index is -4.36. The molecule has 18 heavy (non-hydrogen) atoms. The molecule has 0 saturated heterocycles. The molecule has 1 rings (SSSR count). The van der Waals surface area contributed by atoms with Crippen LogP contribution in [0.4, 0.5) is 18.9 Å². The van der Waals surface area contributed by atoms with E-state index in [1.54, 1.807) is 0 Å². The number of hydrogen-bond acceptors (Lipinski definition) is 2. The second kappa shape index (κ2) is 5.61. The van der Waals surface area contributed by atoms with E-state index < -0.39 is 11.7 Å². The van der Waals surface area contributed by atoms with Crippen molar-refractivity contribution in [1.82, 2.24) is 4.90 Å². The molecular weight excluding hydrogens is 241 g/mol. The average Bonchev–Trinajstić information content (AvgIpc) is 2.25. The molecule has 0 aliphatic carbocycles. The van der Waals surface area contributed by atoms with Crippen LogP contribution in [0.3, 0.4) is 0 Å². The van der Waals surface area contributed by atoms with Crippen LogP contribution in [-0.4, -0.2) is 17.5 Å². The van der Waals surface area contributed by atoms with Crippen LogP contribution in [0.5, 0.6) is 0 Å². The summed E-state index contributed by atoms with van der Waals surface area (Å²) < 4.78 is 38.7. The zero-order valence-corrected chi connectivity index (χ0v) is 10.9. The highest BCUT2D eigenvalue weighted by Gasteiger charge is 2.33. The fraction of sp³-hybridized carbons (Fsp3) is 0.538. The minimum Gasteiger partial charge on any atom is -0.399 e. The fourth-order valence-corrected chi connectivity index (χ4v) is 1.87. The van der Waals surface area contributed by atoms with Gasteiger partial charge in [-0.1, -0.05) is 13.0 Å². The molecule has 2 nitrogen and oxygen atoms in total. The zero-order valence-electron chi connectivity index (χ0n) is 10.9. The summed E-state index contributed by atoms with van der Waals surface area (Å²) in [5.41, 5.74) is 5.20. The molecular formula is C13H19F3N2. The Kier molecular flexibility index (Phi) is 4.62. The molecule has 0 aliphatic heterocycles. The molecule has 0 aliphatic rings. The number of alkyl halides is 3. The quantitative estimate of drug-likeness (QED) is 0.839. The Hall–Kier alpha value is -1.23. The van der Waals surface area contributed by atoms with Crippen molar-refractivity contribution in [2.45, 2.75) is 39.5 Å². The predicted octanol–water partition coefficient (Wildman–Crippen LogP) is 3.52. The lowest BCUT2D eigenvalue weighted by Gasteiger charge is -2.26. The maximum Gasteiger partial charge on any atom is 0.416 e. The van der Waals surface area contributed by atoms with E-state index in [0.717, 1.165) is 6.07 Å². The van der Waals surface area contributed by atoms with Crippen LogP contribution in [-0.2, 0) is 12.7 Å². The first kappa shape index (κ1) is 14.8. The van der Waals surface area contributed by atoms with Crippen molar-refractivity contribution >= 4 is 5.69 Å². The highest BCUT2D eigenvalue weighted by molar-refractivity contribution is 5.46. The molecule has 0 heterocycles. The van der Waals surface area contributed by atoms with Gasteiger partial charge in [0.15, 0.2) is 0 Å². The summed E-state index contributed by atoms with van der Waals surface area (Å²) >= 11 is 0. The summed E-state index contributed by atoms with van der Waals surface area (Å²) in [5.74, 6) is 0.